The lowest BCUT2D eigenvalue weighted by molar-refractivity contribution is 0.617. The van der Waals surface area contributed by atoms with Gasteiger partial charge in [0.05, 0.1) is 11.3 Å². The van der Waals surface area contributed by atoms with Crippen LogP contribution < -0.4 is 10.6 Å². The topological polar surface area (TPSA) is 73.6 Å². The van der Waals surface area contributed by atoms with Gasteiger partial charge in [0.1, 0.15) is 23.5 Å². The maximum absolute atomic E-state index is 9.21. The zero-order chi connectivity index (χ0) is 16.8. The first-order chi connectivity index (χ1) is 11.7. The minimum atomic E-state index is 0.487. The van der Waals surface area contributed by atoms with E-state index >= 15 is 0 Å². The van der Waals surface area contributed by atoms with Gasteiger partial charge in [0.25, 0.3) is 0 Å². The van der Waals surface area contributed by atoms with Gasteiger partial charge in [0.2, 0.25) is 0 Å². The van der Waals surface area contributed by atoms with E-state index in [0.717, 1.165) is 11.5 Å². The van der Waals surface area contributed by atoms with Gasteiger partial charge in [-0.25, -0.2) is 9.97 Å². The van der Waals surface area contributed by atoms with Gasteiger partial charge in [-0.2, -0.15) is 5.26 Å². The normalized spacial score (nSPS) is 15.3. The molecule has 2 N–H and O–H groups in total. The molecule has 1 aromatic heterocycles. The van der Waals surface area contributed by atoms with Gasteiger partial charge < -0.3 is 10.6 Å². The standard InChI is InChI=1S/C19H23N5/c1-14-21-18(23-16-9-4-2-3-5-10-16)12-19(22-14)24-17-11-7-6-8-15(17)13-20/h6-8,11-12,16H,2-5,9-10H2,1H3,(H2,21,22,23,24). The van der Waals surface area contributed by atoms with Crippen LogP contribution in [-0.4, -0.2) is 16.0 Å². The first kappa shape index (κ1) is 16.3. The van der Waals surface area contributed by atoms with Crippen LogP contribution >= 0.6 is 0 Å². The molecule has 1 saturated carbocycles. The summed E-state index contributed by atoms with van der Waals surface area (Å²) in [4.78, 5) is 8.96. The summed E-state index contributed by atoms with van der Waals surface area (Å²) in [5.74, 6) is 2.28. The first-order valence-electron chi connectivity index (χ1n) is 8.63. The zero-order valence-corrected chi connectivity index (χ0v) is 14.0. The third-order valence-corrected chi connectivity index (χ3v) is 4.36. The van der Waals surface area contributed by atoms with Crippen LogP contribution in [-0.2, 0) is 0 Å². The summed E-state index contributed by atoms with van der Waals surface area (Å²) < 4.78 is 0. The summed E-state index contributed by atoms with van der Waals surface area (Å²) in [6.45, 7) is 1.89. The average molecular weight is 321 g/mol. The number of nitriles is 1. The van der Waals surface area contributed by atoms with Crippen LogP contribution in [0, 0.1) is 18.3 Å². The second-order valence-corrected chi connectivity index (χ2v) is 6.30. The van der Waals surface area contributed by atoms with E-state index < -0.39 is 0 Å². The molecule has 3 rings (SSSR count). The fraction of sp³-hybridized carbons (Fsp3) is 0.421. The Morgan fingerprint density at radius 3 is 2.50 bits per heavy atom. The molecular weight excluding hydrogens is 298 g/mol. The molecule has 1 fully saturated rings. The quantitative estimate of drug-likeness (QED) is 0.809. The highest BCUT2D eigenvalue weighted by Crippen LogP contribution is 2.23. The van der Waals surface area contributed by atoms with Crippen LogP contribution in [0.15, 0.2) is 30.3 Å². The van der Waals surface area contributed by atoms with Gasteiger partial charge >= 0.3 is 0 Å². The summed E-state index contributed by atoms with van der Waals surface area (Å²) in [6, 6.07) is 12.0. The van der Waals surface area contributed by atoms with Crippen LogP contribution in [0.25, 0.3) is 0 Å². The second-order valence-electron chi connectivity index (χ2n) is 6.30. The molecular formula is C19H23N5. The monoisotopic (exact) mass is 321 g/mol. The van der Waals surface area contributed by atoms with Crippen molar-refractivity contribution in [1.29, 1.82) is 5.26 Å². The highest BCUT2D eigenvalue weighted by atomic mass is 15.1. The molecule has 0 radical (unpaired) electrons. The molecule has 1 heterocycles. The predicted molar refractivity (Wildman–Crippen MR) is 96.3 cm³/mol. The fourth-order valence-electron chi connectivity index (χ4n) is 3.17. The van der Waals surface area contributed by atoms with E-state index in [0.29, 0.717) is 23.2 Å². The number of nitrogens with one attached hydrogen (secondary N) is 2. The van der Waals surface area contributed by atoms with Crippen molar-refractivity contribution in [2.24, 2.45) is 0 Å². The minimum Gasteiger partial charge on any atom is -0.367 e. The van der Waals surface area contributed by atoms with E-state index in [1.54, 1.807) is 6.07 Å². The minimum absolute atomic E-state index is 0.487. The average Bonchev–Trinajstić information content (AvgIpc) is 2.83. The van der Waals surface area contributed by atoms with Crippen molar-refractivity contribution in [3.05, 3.63) is 41.7 Å². The number of aromatic nitrogens is 2. The third-order valence-electron chi connectivity index (χ3n) is 4.36. The van der Waals surface area contributed by atoms with Crippen molar-refractivity contribution in [3.8, 4) is 6.07 Å². The van der Waals surface area contributed by atoms with Crippen molar-refractivity contribution < 1.29 is 0 Å². The number of aryl methyl sites for hydroxylation is 1. The lowest BCUT2D eigenvalue weighted by atomic mass is 10.1. The Balaban J connectivity index is 1.77. The summed E-state index contributed by atoms with van der Waals surface area (Å²) in [5, 5.41) is 16.0. The molecule has 0 saturated heterocycles. The summed E-state index contributed by atoms with van der Waals surface area (Å²) in [6.07, 6.45) is 7.62. The smallest absolute Gasteiger partial charge is 0.136 e. The number of hydrogen-bond acceptors (Lipinski definition) is 5. The van der Waals surface area contributed by atoms with Gasteiger partial charge in [-0.15, -0.1) is 0 Å². The maximum atomic E-state index is 9.21. The highest BCUT2D eigenvalue weighted by Gasteiger charge is 2.13. The van der Waals surface area contributed by atoms with Crippen molar-refractivity contribution in [2.75, 3.05) is 10.6 Å². The number of benzene rings is 1. The van der Waals surface area contributed by atoms with E-state index in [4.69, 9.17) is 0 Å². The molecule has 0 unspecified atom stereocenters. The molecule has 5 nitrogen and oxygen atoms in total. The number of hydrogen-bond donors (Lipinski definition) is 2. The Kier molecular flexibility index (Phi) is 5.27. The highest BCUT2D eigenvalue weighted by molar-refractivity contribution is 5.65. The van der Waals surface area contributed by atoms with Crippen molar-refractivity contribution in [3.63, 3.8) is 0 Å². The van der Waals surface area contributed by atoms with Gasteiger partial charge in [-0.1, -0.05) is 37.8 Å². The molecule has 1 aliphatic rings. The SMILES string of the molecule is Cc1nc(Nc2ccccc2C#N)cc(NC2CCCCCC2)n1. The third kappa shape index (κ3) is 4.23. The number of para-hydroxylation sites is 1. The molecule has 0 atom stereocenters. The molecule has 124 valence electrons. The summed E-state index contributed by atoms with van der Waals surface area (Å²) >= 11 is 0. The lowest BCUT2D eigenvalue weighted by Crippen LogP contribution is -2.19. The summed E-state index contributed by atoms with van der Waals surface area (Å²) in [7, 11) is 0. The Hall–Kier alpha value is -2.61. The van der Waals surface area contributed by atoms with Crippen LogP contribution in [0.3, 0.4) is 0 Å². The number of rotatable bonds is 4. The Labute approximate surface area is 143 Å². The molecule has 0 spiro atoms. The number of nitrogens with zero attached hydrogens (tertiary/aromatic N) is 3. The fourth-order valence-corrected chi connectivity index (χ4v) is 3.17. The zero-order valence-electron chi connectivity index (χ0n) is 14.0. The molecule has 2 aromatic rings. The van der Waals surface area contributed by atoms with Crippen LogP contribution in [0.5, 0.6) is 0 Å². The van der Waals surface area contributed by atoms with E-state index in [9.17, 15) is 5.26 Å². The van der Waals surface area contributed by atoms with Gasteiger partial charge in [-0.05, 0) is 31.9 Å². The van der Waals surface area contributed by atoms with E-state index in [-0.39, 0.29) is 0 Å². The largest absolute Gasteiger partial charge is 0.367 e. The van der Waals surface area contributed by atoms with Crippen LogP contribution in [0.2, 0.25) is 0 Å². The van der Waals surface area contributed by atoms with Crippen molar-refractivity contribution in [1.82, 2.24) is 9.97 Å². The maximum Gasteiger partial charge on any atom is 0.136 e. The molecule has 0 bridgehead atoms. The van der Waals surface area contributed by atoms with Crippen molar-refractivity contribution in [2.45, 2.75) is 51.5 Å². The number of anilines is 3. The van der Waals surface area contributed by atoms with Crippen LogP contribution in [0.1, 0.15) is 49.9 Å². The van der Waals surface area contributed by atoms with Gasteiger partial charge in [-0.3, -0.25) is 0 Å². The van der Waals surface area contributed by atoms with Gasteiger partial charge in [0.15, 0.2) is 0 Å². The van der Waals surface area contributed by atoms with E-state index in [2.05, 4.69) is 26.7 Å². The molecule has 1 aliphatic carbocycles. The van der Waals surface area contributed by atoms with Crippen molar-refractivity contribution >= 4 is 17.3 Å². The predicted octanol–water partition coefficient (Wildman–Crippen LogP) is 4.54. The van der Waals surface area contributed by atoms with E-state index in [1.807, 2.05) is 31.2 Å². The molecule has 5 heteroatoms. The molecule has 1 aromatic carbocycles. The second kappa shape index (κ2) is 7.78. The molecule has 24 heavy (non-hydrogen) atoms. The Morgan fingerprint density at radius 1 is 1.04 bits per heavy atom. The van der Waals surface area contributed by atoms with Gasteiger partial charge in [0, 0.05) is 12.1 Å². The Bertz CT molecular complexity index is 727. The van der Waals surface area contributed by atoms with E-state index in [1.165, 1.54) is 38.5 Å². The summed E-state index contributed by atoms with van der Waals surface area (Å²) in [5.41, 5.74) is 1.37. The molecule has 0 amide bonds. The first-order valence-corrected chi connectivity index (χ1v) is 8.63. The van der Waals surface area contributed by atoms with Crippen LogP contribution in [0.4, 0.5) is 17.3 Å². The lowest BCUT2D eigenvalue weighted by Gasteiger charge is -2.18. The Morgan fingerprint density at radius 2 is 1.75 bits per heavy atom. The molecule has 0 aliphatic heterocycles.